The molecule has 7 nitrogen and oxygen atoms in total. The Hall–Kier alpha value is -2.28. The summed E-state index contributed by atoms with van der Waals surface area (Å²) in [6, 6.07) is 3.12. The van der Waals surface area contributed by atoms with E-state index in [1.54, 1.807) is 18.3 Å². The van der Waals surface area contributed by atoms with Crippen molar-refractivity contribution in [3.63, 3.8) is 0 Å². The first-order chi connectivity index (χ1) is 10.2. The van der Waals surface area contributed by atoms with Gasteiger partial charge in [-0.25, -0.2) is 14.6 Å². The monoisotopic (exact) mass is 287 g/mol. The van der Waals surface area contributed by atoms with E-state index < -0.39 is 6.10 Å². The van der Waals surface area contributed by atoms with E-state index in [-0.39, 0.29) is 11.9 Å². The number of rotatable bonds is 3. The van der Waals surface area contributed by atoms with E-state index in [9.17, 15) is 9.90 Å². The maximum atomic E-state index is 12.3. The molecule has 2 aromatic heterocycles. The molecule has 1 amide bonds. The molecule has 1 aliphatic carbocycles. The summed E-state index contributed by atoms with van der Waals surface area (Å²) >= 11 is 0. The SMILES string of the molecule is O=C(NC1CCCCC1O)c1ccnc(-n2cncn2)c1. The number of carbonyl (C=O) groups excluding carboxylic acids is 1. The van der Waals surface area contributed by atoms with Gasteiger partial charge in [0.25, 0.3) is 5.91 Å². The first kappa shape index (κ1) is 13.7. The van der Waals surface area contributed by atoms with Gasteiger partial charge in [0.15, 0.2) is 5.82 Å². The first-order valence-electron chi connectivity index (χ1n) is 7.04. The summed E-state index contributed by atoms with van der Waals surface area (Å²) in [4.78, 5) is 20.3. The Bertz CT molecular complexity index is 614. The molecule has 0 saturated heterocycles. The largest absolute Gasteiger partial charge is 0.391 e. The van der Waals surface area contributed by atoms with Crippen LogP contribution in [0.5, 0.6) is 0 Å². The minimum Gasteiger partial charge on any atom is -0.391 e. The van der Waals surface area contributed by atoms with Crippen LogP contribution in [0.2, 0.25) is 0 Å². The zero-order chi connectivity index (χ0) is 14.7. The van der Waals surface area contributed by atoms with Crippen molar-refractivity contribution in [3.05, 3.63) is 36.5 Å². The number of carbonyl (C=O) groups is 1. The number of nitrogens with zero attached hydrogens (tertiary/aromatic N) is 4. The van der Waals surface area contributed by atoms with Crippen molar-refractivity contribution in [2.75, 3.05) is 0 Å². The van der Waals surface area contributed by atoms with Crippen molar-refractivity contribution in [3.8, 4) is 5.82 Å². The van der Waals surface area contributed by atoms with Gasteiger partial charge >= 0.3 is 0 Å². The molecular formula is C14H17N5O2. The number of pyridine rings is 1. The third kappa shape index (κ3) is 3.08. The van der Waals surface area contributed by atoms with Crippen molar-refractivity contribution in [2.45, 2.75) is 37.8 Å². The predicted octanol–water partition coefficient (Wildman–Crippen LogP) is 0.696. The zero-order valence-electron chi connectivity index (χ0n) is 11.5. The van der Waals surface area contributed by atoms with Gasteiger partial charge in [-0.05, 0) is 25.0 Å². The summed E-state index contributed by atoms with van der Waals surface area (Å²) < 4.78 is 1.49. The van der Waals surface area contributed by atoms with Crippen LogP contribution >= 0.6 is 0 Å². The van der Waals surface area contributed by atoms with Crippen molar-refractivity contribution in [2.24, 2.45) is 0 Å². The van der Waals surface area contributed by atoms with Gasteiger partial charge in [0.1, 0.15) is 12.7 Å². The van der Waals surface area contributed by atoms with E-state index in [0.29, 0.717) is 11.4 Å². The molecule has 2 unspecified atom stereocenters. The lowest BCUT2D eigenvalue weighted by Crippen LogP contribution is -2.45. The smallest absolute Gasteiger partial charge is 0.251 e. The normalized spacial score (nSPS) is 22.0. The summed E-state index contributed by atoms with van der Waals surface area (Å²) in [6.07, 6.45) is 7.63. The molecule has 2 aromatic rings. The minimum atomic E-state index is -0.459. The van der Waals surface area contributed by atoms with E-state index in [1.165, 1.54) is 17.3 Å². The lowest BCUT2D eigenvalue weighted by molar-refractivity contribution is 0.0717. The predicted molar refractivity (Wildman–Crippen MR) is 74.9 cm³/mol. The van der Waals surface area contributed by atoms with Gasteiger partial charge in [0.2, 0.25) is 0 Å². The molecule has 1 saturated carbocycles. The van der Waals surface area contributed by atoms with Crippen molar-refractivity contribution < 1.29 is 9.90 Å². The Kier molecular flexibility index (Phi) is 3.92. The second-order valence-corrected chi connectivity index (χ2v) is 5.17. The van der Waals surface area contributed by atoms with E-state index >= 15 is 0 Å². The van der Waals surface area contributed by atoms with Gasteiger partial charge in [0, 0.05) is 11.8 Å². The fourth-order valence-corrected chi connectivity index (χ4v) is 2.54. The molecule has 1 aliphatic rings. The molecule has 1 fully saturated rings. The fraction of sp³-hybridized carbons (Fsp3) is 0.429. The maximum Gasteiger partial charge on any atom is 0.251 e. The highest BCUT2D eigenvalue weighted by Gasteiger charge is 2.24. The molecule has 110 valence electrons. The molecular weight excluding hydrogens is 270 g/mol. The van der Waals surface area contributed by atoms with Crippen LogP contribution in [-0.4, -0.2) is 42.9 Å². The number of aromatic nitrogens is 4. The lowest BCUT2D eigenvalue weighted by Gasteiger charge is -2.28. The number of amides is 1. The van der Waals surface area contributed by atoms with Crippen LogP contribution in [0.1, 0.15) is 36.0 Å². The number of hydrogen-bond acceptors (Lipinski definition) is 5. The Morgan fingerprint density at radius 1 is 1.38 bits per heavy atom. The quantitative estimate of drug-likeness (QED) is 0.866. The highest BCUT2D eigenvalue weighted by Crippen LogP contribution is 2.19. The summed E-state index contributed by atoms with van der Waals surface area (Å²) in [6.45, 7) is 0. The highest BCUT2D eigenvalue weighted by molar-refractivity contribution is 5.94. The molecule has 0 bridgehead atoms. The molecule has 2 heterocycles. The van der Waals surface area contributed by atoms with E-state index in [0.717, 1.165) is 25.7 Å². The van der Waals surface area contributed by atoms with Crippen molar-refractivity contribution in [1.82, 2.24) is 25.1 Å². The third-order valence-corrected chi connectivity index (χ3v) is 3.71. The standard InChI is InChI=1S/C14H17N5O2/c20-12-4-2-1-3-11(12)18-14(21)10-5-6-16-13(7-10)19-9-15-8-17-19/h5-9,11-12,20H,1-4H2,(H,18,21). The fourth-order valence-electron chi connectivity index (χ4n) is 2.54. The Balaban J connectivity index is 1.74. The van der Waals surface area contributed by atoms with E-state index in [1.807, 2.05) is 0 Å². The van der Waals surface area contributed by atoms with Gasteiger partial charge in [-0.1, -0.05) is 12.8 Å². The Morgan fingerprint density at radius 2 is 2.24 bits per heavy atom. The second-order valence-electron chi connectivity index (χ2n) is 5.17. The average molecular weight is 287 g/mol. The average Bonchev–Trinajstić information content (AvgIpc) is 3.04. The molecule has 0 radical (unpaired) electrons. The molecule has 0 aliphatic heterocycles. The summed E-state index contributed by atoms with van der Waals surface area (Å²) in [7, 11) is 0. The van der Waals surface area contributed by atoms with E-state index in [4.69, 9.17) is 0 Å². The number of hydrogen-bond donors (Lipinski definition) is 2. The van der Waals surface area contributed by atoms with Gasteiger partial charge in [-0.2, -0.15) is 5.10 Å². The first-order valence-corrected chi connectivity index (χ1v) is 7.04. The lowest BCUT2D eigenvalue weighted by atomic mass is 9.92. The van der Waals surface area contributed by atoms with Crippen LogP contribution in [0.3, 0.4) is 0 Å². The molecule has 0 aromatic carbocycles. The van der Waals surface area contributed by atoms with Crippen LogP contribution in [-0.2, 0) is 0 Å². The van der Waals surface area contributed by atoms with Gasteiger partial charge in [0.05, 0.1) is 12.1 Å². The van der Waals surface area contributed by atoms with Crippen LogP contribution in [0.15, 0.2) is 31.0 Å². The maximum absolute atomic E-state index is 12.3. The van der Waals surface area contributed by atoms with Crippen LogP contribution in [0.25, 0.3) is 5.82 Å². The van der Waals surface area contributed by atoms with Gasteiger partial charge in [-0.3, -0.25) is 4.79 Å². The second kappa shape index (κ2) is 6.01. The van der Waals surface area contributed by atoms with Crippen molar-refractivity contribution >= 4 is 5.91 Å². The summed E-state index contributed by atoms with van der Waals surface area (Å²) in [5, 5.41) is 16.8. The van der Waals surface area contributed by atoms with Crippen LogP contribution < -0.4 is 5.32 Å². The molecule has 2 N–H and O–H groups in total. The molecule has 21 heavy (non-hydrogen) atoms. The third-order valence-electron chi connectivity index (χ3n) is 3.71. The Labute approximate surface area is 122 Å². The van der Waals surface area contributed by atoms with Crippen LogP contribution in [0, 0.1) is 0 Å². The summed E-state index contributed by atoms with van der Waals surface area (Å²) in [5.74, 6) is 0.328. The molecule has 7 heteroatoms. The molecule has 3 rings (SSSR count). The topological polar surface area (TPSA) is 92.9 Å². The zero-order valence-corrected chi connectivity index (χ0v) is 11.5. The van der Waals surface area contributed by atoms with Gasteiger partial charge < -0.3 is 10.4 Å². The Morgan fingerprint density at radius 3 is 3.00 bits per heavy atom. The highest BCUT2D eigenvalue weighted by atomic mass is 16.3. The number of nitrogens with one attached hydrogen (secondary N) is 1. The minimum absolute atomic E-state index is 0.172. The molecule has 0 spiro atoms. The number of aliphatic hydroxyl groups excluding tert-OH is 1. The summed E-state index contributed by atoms with van der Waals surface area (Å²) in [5.41, 5.74) is 0.494. The van der Waals surface area contributed by atoms with E-state index in [2.05, 4.69) is 20.4 Å². The van der Waals surface area contributed by atoms with Crippen molar-refractivity contribution in [1.29, 1.82) is 0 Å². The molecule has 2 atom stereocenters. The number of aliphatic hydroxyl groups is 1. The van der Waals surface area contributed by atoms with Crippen LogP contribution in [0.4, 0.5) is 0 Å². The van der Waals surface area contributed by atoms with Gasteiger partial charge in [-0.15, -0.1) is 0 Å².